The van der Waals surface area contributed by atoms with E-state index in [9.17, 15) is 13.2 Å². The van der Waals surface area contributed by atoms with Gasteiger partial charge in [-0.25, -0.2) is 8.42 Å². The molecule has 2 fully saturated rings. The van der Waals surface area contributed by atoms with Gasteiger partial charge < -0.3 is 10.1 Å². The van der Waals surface area contributed by atoms with E-state index < -0.39 is 10.0 Å². The summed E-state index contributed by atoms with van der Waals surface area (Å²) in [5.74, 6) is -0.401. The van der Waals surface area contributed by atoms with Crippen LogP contribution in [-0.4, -0.2) is 62.9 Å². The number of nitrogens with one attached hydrogen (secondary N) is 1. The van der Waals surface area contributed by atoms with E-state index in [1.165, 1.54) is 21.2 Å². The fraction of sp³-hybridized carbons (Fsp3) is 0.500. The molecule has 168 valence electrons. The summed E-state index contributed by atoms with van der Waals surface area (Å²) in [5, 5.41) is 4.81. The molecular formula is C22H29N3O4S2. The first kappa shape index (κ1) is 22.4. The molecule has 1 atom stereocenters. The van der Waals surface area contributed by atoms with Gasteiger partial charge >= 0.3 is 0 Å². The average Bonchev–Trinajstić information content (AvgIpc) is 3.35. The van der Waals surface area contributed by atoms with Crippen LogP contribution in [0.25, 0.3) is 0 Å². The molecule has 3 heterocycles. The zero-order valence-electron chi connectivity index (χ0n) is 17.5. The Kier molecular flexibility index (Phi) is 7.39. The van der Waals surface area contributed by atoms with Crippen LogP contribution < -0.4 is 5.32 Å². The molecule has 7 nitrogen and oxygen atoms in total. The Bertz CT molecular complexity index is 972. The minimum absolute atomic E-state index is 0.0766. The Morgan fingerprint density at radius 3 is 2.61 bits per heavy atom. The predicted molar refractivity (Wildman–Crippen MR) is 120 cm³/mol. The van der Waals surface area contributed by atoms with Crippen LogP contribution in [0.4, 0.5) is 0 Å². The minimum atomic E-state index is -3.52. The second-order valence-electron chi connectivity index (χ2n) is 8.01. The van der Waals surface area contributed by atoms with Crippen LogP contribution in [0.3, 0.4) is 0 Å². The number of morpholine rings is 1. The van der Waals surface area contributed by atoms with Gasteiger partial charge in [0.05, 0.1) is 19.1 Å². The van der Waals surface area contributed by atoms with E-state index in [-0.39, 0.29) is 18.4 Å². The molecular weight excluding hydrogens is 434 g/mol. The number of thiophene rings is 1. The number of carbonyl (C=O) groups excluding carboxylic acids is 1. The SMILES string of the molecule is O=C(NCc1ccccc1CN1CCOCC1)C1CCCN(S(=O)(=O)c2cccs2)C1. The molecule has 0 aliphatic carbocycles. The molecule has 31 heavy (non-hydrogen) atoms. The molecule has 2 aromatic rings. The number of nitrogens with zero attached hydrogens (tertiary/aromatic N) is 2. The van der Waals surface area contributed by atoms with E-state index in [4.69, 9.17) is 4.74 Å². The van der Waals surface area contributed by atoms with Crippen LogP contribution in [0.15, 0.2) is 46.0 Å². The lowest BCUT2D eigenvalue weighted by molar-refractivity contribution is -0.126. The molecule has 1 amide bonds. The van der Waals surface area contributed by atoms with Crippen molar-refractivity contribution in [2.24, 2.45) is 5.92 Å². The largest absolute Gasteiger partial charge is 0.379 e. The minimum Gasteiger partial charge on any atom is -0.379 e. The summed E-state index contributed by atoms with van der Waals surface area (Å²) in [6.07, 6.45) is 1.40. The molecule has 0 saturated carbocycles. The van der Waals surface area contributed by atoms with Crippen LogP contribution in [0.5, 0.6) is 0 Å². The molecule has 2 aliphatic heterocycles. The van der Waals surface area contributed by atoms with Crippen LogP contribution in [0.2, 0.25) is 0 Å². The first-order valence-electron chi connectivity index (χ1n) is 10.7. The quantitative estimate of drug-likeness (QED) is 0.682. The number of benzene rings is 1. The van der Waals surface area contributed by atoms with Gasteiger partial charge in [-0.1, -0.05) is 30.3 Å². The van der Waals surface area contributed by atoms with Gasteiger partial charge in [-0.2, -0.15) is 4.31 Å². The van der Waals surface area contributed by atoms with Crippen molar-refractivity contribution in [2.45, 2.75) is 30.1 Å². The summed E-state index contributed by atoms with van der Waals surface area (Å²) in [4.78, 5) is 15.2. The van der Waals surface area contributed by atoms with Crippen LogP contribution >= 0.6 is 11.3 Å². The molecule has 0 radical (unpaired) electrons. The Morgan fingerprint density at radius 1 is 1.10 bits per heavy atom. The molecule has 1 aromatic carbocycles. The van der Waals surface area contributed by atoms with Crippen LogP contribution in [-0.2, 0) is 32.6 Å². The van der Waals surface area contributed by atoms with Crippen molar-refractivity contribution < 1.29 is 17.9 Å². The summed E-state index contributed by atoms with van der Waals surface area (Å²) >= 11 is 1.21. The first-order valence-corrected chi connectivity index (χ1v) is 13.0. The van der Waals surface area contributed by atoms with Gasteiger partial charge in [0.2, 0.25) is 5.91 Å². The van der Waals surface area contributed by atoms with E-state index >= 15 is 0 Å². The van der Waals surface area contributed by atoms with E-state index in [0.29, 0.717) is 30.1 Å². The third kappa shape index (κ3) is 5.53. The van der Waals surface area contributed by atoms with Crippen LogP contribution in [0, 0.1) is 5.92 Å². The topological polar surface area (TPSA) is 79.0 Å². The molecule has 2 aliphatic rings. The maximum atomic E-state index is 12.9. The van der Waals surface area contributed by atoms with Gasteiger partial charge in [0, 0.05) is 39.3 Å². The van der Waals surface area contributed by atoms with Crippen molar-refractivity contribution in [1.29, 1.82) is 0 Å². The summed E-state index contributed by atoms with van der Waals surface area (Å²) < 4.78 is 32.9. The normalized spacial score (nSPS) is 21.1. The number of ether oxygens (including phenoxy) is 1. The number of sulfonamides is 1. The van der Waals surface area contributed by atoms with E-state index in [1.807, 2.05) is 18.2 Å². The lowest BCUT2D eigenvalue weighted by Crippen LogP contribution is -2.45. The Morgan fingerprint density at radius 2 is 1.87 bits per heavy atom. The lowest BCUT2D eigenvalue weighted by Gasteiger charge is -2.31. The molecule has 9 heteroatoms. The molecule has 4 rings (SSSR count). The van der Waals surface area contributed by atoms with Crippen molar-refractivity contribution in [3.05, 3.63) is 52.9 Å². The molecule has 1 aromatic heterocycles. The Hall–Kier alpha value is -1.78. The highest BCUT2D eigenvalue weighted by atomic mass is 32.2. The first-order chi connectivity index (χ1) is 15.0. The van der Waals surface area contributed by atoms with Gasteiger partial charge in [0.1, 0.15) is 4.21 Å². The van der Waals surface area contributed by atoms with Gasteiger partial charge in [0.25, 0.3) is 10.0 Å². The average molecular weight is 464 g/mol. The Balaban J connectivity index is 1.36. The van der Waals surface area contributed by atoms with E-state index in [1.54, 1.807) is 17.5 Å². The molecule has 1 unspecified atom stereocenters. The summed E-state index contributed by atoms with van der Waals surface area (Å²) in [7, 11) is -3.52. The molecule has 0 spiro atoms. The van der Waals surface area contributed by atoms with Gasteiger partial charge in [0.15, 0.2) is 0 Å². The summed E-state index contributed by atoms with van der Waals surface area (Å²) in [6.45, 7) is 5.33. The molecule has 0 bridgehead atoms. The van der Waals surface area contributed by atoms with Crippen molar-refractivity contribution in [1.82, 2.24) is 14.5 Å². The maximum Gasteiger partial charge on any atom is 0.252 e. The number of carbonyl (C=O) groups is 1. The van der Waals surface area contributed by atoms with Gasteiger partial charge in [-0.3, -0.25) is 9.69 Å². The number of hydrogen-bond donors (Lipinski definition) is 1. The van der Waals surface area contributed by atoms with Gasteiger partial charge in [-0.15, -0.1) is 11.3 Å². The summed E-state index contributed by atoms with van der Waals surface area (Å²) in [5.41, 5.74) is 2.30. The fourth-order valence-corrected chi connectivity index (χ4v) is 6.79. The van der Waals surface area contributed by atoms with Crippen molar-refractivity contribution >= 4 is 27.3 Å². The predicted octanol–water partition coefficient (Wildman–Crippen LogP) is 2.30. The van der Waals surface area contributed by atoms with E-state index in [2.05, 4.69) is 16.3 Å². The zero-order chi connectivity index (χ0) is 21.7. The summed E-state index contributed by atoms with van der Waals surface area (Å²) in [6, 6.07) is 11.5. The van der Waals surface area contributed by atoms with E-state index in [0.717, 1.165) is 38.4 Å². The number of amides is 1. The van der Waals surface area contributed by atoms with Crippen molar-refractivity contribution in [3.63, 3.8) is 0 Å². The number of piperidine rings is 1. The number of hydrogen-bond acceptors (Lipinski definition) is 6. The highest BCUT2D eigenvalue weighted by Crippen LogP contribution is 2.26. The second-order valence-corrected chi connectivity index (χ2v) is 11.1. The smallest absolute Gasteiger partial charge is 0.252 e. The highest BCUT2D eigenvalue weighted by molar-refractivity contribution is 7.91. The standard InChI is InChI=1S/C22H29N3O4S2/c26-22(20-7-3-9-25(17-20)31(27,28)21-8-4-14-30-21)23-15-18-5-1-2-6-19(18)16-24-10-12-29-13-11-24/h1-2,4-6,8,14,20H,3,7,9-13,15-17H2,(H,23,26). The van der Waals surface area contributed by atoms with Crippen LogP contribution in [0.1, 0.15) is 24.0 Å². The zero-order valence-corrected chi connectivity index (χ0v) is 19.2. The fourth-order valence-electron chi connectivity index (χ4n) is 4.12. The number of rotatable bonds is 7. The second kappa shape index (κ2) is 10.2. The Labute approximate surface area is 188 Å². The monoisotopic (exact) mass is 463 g/mol. The van der Waals surface area contributed by atoms with Crippen molar-refractivity contribution in [2.75, 3.05) is 39.4 Å². The third-order valence-electron chi connectivity index (χ3n) is 5.91. The van der Waals surface area contributed by atoms with Crippen molar-refractivity contribution in [3.8, 4) is 0 Å². The third-order valence-corrected chi connectivity index (χ3v) is 9.15. The molecule has 2 saturated heterocycles. The lowest BCUT2D eigenvalue weighted by atomic mass is 9.98. The molecule has 1 N–H and O–H groups in total. The maximum absolute atomic E-state index is 12.9. The van der Waals surface area contributed by atoms with Gasteiger partial charge in [-0.05, 0) is 35.4 Å². The highest BCUT2D eigenvalue weighted by Gasteiger charge is 2.33.